The predicted octanol–water partition coefficient (Wildman–Crippen LogP) is 3.46. The molecule has 0 unspecified atom stereocenters. The lowest BCUT2D eigenvalue weighted by molar-refractivity contribution is -0.130. The molecule has 1 N–H and O–H groups in total. The van der Waals surface area contributed by atoms with Crippen molar-refractivity contribution in [3.8, 4) is 0 Å². The summed E-state index contributed by atoms with van der Waals surface area (Å²) in [5, 5.41) is 6.05. The molecule has 0 aliphatic rings. The van der Waals surface area contributed by atoms with Crippen LogP contribution >= 0.6 is 0 Å². The zero-order valence-electron chi connectivity index (χ0n) is 19.1. The van der Waals surface area contributed by atoms with Crippen LogP contribution in [0.4, 0.5) is 0 Å². The third kappa shape index (κ3) is 4.00. The van der Waals surface area contributed by atoms with Crippen molar-refractivity contribution in [2.45, 2.75) is 53.1 Å². The molecule has 1 amide bonds. The maximum absolute atomic E-state index is 12.8. The van der Waals surface area contributed by atoms with Gasteiger partial charge in [0.1, 0.15) is 5.82 Å². The van der Waals surface area contributed by atoms with E-state index in [1.807, 2.05) is 23.9 Å². The van der Waals surface area contributed by atoms with Crippen molar-refractivity contribution < 1.29 is 4.79 Å². The minimum absolute atomic E-state index is 0.0161. The lowest BCUT2D eigenvalue weighted by Gasteiger charge is -2.18. The maximum atomic E-state index is 12.8. The molecule has 8 heteroatoms. The monoisotopic (exact) mass is 432 g/mol. The number of carbonyl (C=O) groups is 1. The van der Waals surface area contributed by atoms with Crippen LogP contribution in [0.2, 0.25) is 0 Å². The Morgan fingerprint density at radius 3 is 2.66 bits per heavy atom. The van der Waals surface area contributed by atoms with Gasteiger partial charge in [-0.1, -0.05) is 12.1 Å². The first-order chi connectivity index (χ1) is 15.3. The number of nitrogens with zero attached hydrogens (tertiary/aromatic N) is 5. The maximum Gasteiger partial charge on any atom is 0.258 e. The van der Waals surface area contributed by atoms with Gasteiger partial charge in [-0.25, -0.2) is 14.6 Å². The second kappa shape index (κ2) is 8.53. The number of H-pyrrole nitrogens is 1. The van der Waals surface area contributed by atoms with Gasteiger partial charge in [0.05, 0.1) is 23.6 Å². The number of pyridine rings is 1. The van der Waals surface area contributed by atoms with Crippen LogP contribution in [0.15, 0.2) is 35.3 Å². The van der Waals surface area contributed by atoms with Crippen LogP contribution in [0, 0.1) is 13.8 Å². The molecule has 0 saturated heterocycles. The fourth-order valence-electron chi connectivity index (χ4n) is 4.08. The van der Waals surface area contributed by atoms with Crippen LogP contribution in [0.1, 0.15) is 49.0 Å². The Balaban J connectivity index is 1.49. The minimum atomic E-state index is -0.195. The molecule has 4 aromatic rings. The van der Waals surface area contributed by atoms with Crippen LogP contribution in [-0.2, 0) is 17.8 Å². The molecule has 0 bridgehead atoms. The summed E-state index contributed by atoms with van der Waals surface area (Å²) in [7, 11) is 1.73. The lowest BCUT2D eigenvalue weighted by Crippen LogP contribution is -2.28. The van der Waals surface area contributed by atoms with Crippen molar-refractivity contribution in [2.24, 2.45) is 0 Å². The Bertz CT molecular complexity index is 1370. The van der Waals surface area contributed by atoms with Gasteiger partial charge in [-0.2, -0.15) is 5.10 Å². The van der Waals surface area contributed by atoms with Gasteiger partial charge in [0.15, 0.2) is 5.65 Å². The van der Waals surface area contributed by atoms with Crippen LogP contribution in [-0.4, -0.2) is 42.6 Å². The number of hydrogen-bond acceptors (Lipinski definition) is 5. The van der Waals surface area contributed by atoms with E-state index in [0.717, 1.165) is 27.9 Å². The summed E-state index contributed by atoms with van der Waals surface area (Å²) in [6, 6.07) is 7.41. The molecule has 32 heavy (non-hydrogen) atoms. The molecule has 3 heterocycles. The summed E-state index contributed by atoms with van der Waals surface area (Å²) < 4.78 is 1.93. The summed E-state index contributed by atoms with van der Waals surface area (Å²) in [6.07, 6.45) is 2.80. The van der Waals surface area contributed by atoms with Crippen LogP contribution < -0.4 is 5.56 Å². The van der Waals surface area contributed by atoms with Gasteiger partial charge < -0.3 is 9.88 Å². The van der Waals surface area contributed by atoms with Gasteiger partial charge >= 0.3 is 0 Å². The number of nitrogens with one attached hydrogen (secondary N) is 1. The number of aromatic nitrogens is 5. The number of aryl methyl sites for hydroxylation is 2. The highest BCUT2D eigenvalue weighted by molar-refractivity contribution is 5.81. The molecule has 0 spiro atoms. The summed E-state index contributed by atoms with van der Waals surface area (Å²) >= 11 is 0. The van der Waals surface area contributed by atoms with E-state index in [-0.39, 0.29) is 24.1 Å². The highest BCUT2D eigenvalue weighted by atomic mass is 16.2. The van der Waals surface area contributed by atoms with Crippen LogP contribution in [0.5, 0.6) is 0 Å². The number of fused-ring (bicyclic) bond motifs is 2. The van der Waals surface area contributed by atoms with Crippen molar-refractivity contribution in [3.05, 3.63) is 63.5 Å². The van der Waals surface area contributed by atoms with Gasteiger partial charge in [-0.15, -0.1) is 0 Å². The van der Waals surface area contributed by atoms with Gasteiger partial charge in [0, 0.05) is 30.6 Å². The highest BCUT2D eigenvalue weighted by Crippen LogP contribution is 2.25. The summed E-state index contributed by atoms with van der Waals surface area (Å²) in [4.78, 5) is 38.7. The van der Waals surface area contributed by atoms with Gasteiger partial charge in [-0.3, -0.25) is 9.59 Å². The number of para-hydroxylation sites is 1. The quantitative estimate of drug-likeness (QED) is 0.503. The molecular formula is C24H28N6O2. The topological polar surface area (TPSA) is 96.8 Å². The van der Waals surface area contributed by atoms with Crippen molar-refractivity contribution in [3.63, 3.8) is 0 Å². The number of aromatic amines is 1. The Hall–Kier alpha value is -3.55. The molecule has 0 atom stereocenters. The predicted molar refractivity (Wildman–Crippen MR) is 125 cm³/mol. The van der Waals surface area contributed by atoms with E-state index in [2.05, 4.69) is 35.8 Å². The van der Waals surface area contributed by atoms with E-state index >= 15 is 0 Å². The smallest absolute Gasteiger partial charge is 0.258 e. The summed E-state index contributed by atoms with van der Waals surface area (Å²) in [5.74, 6) is 0.457. The number of carbonyl (C=O) groups excluding carboxylic acids is 1. The molecular weight excluding hydrogens is 404 g/mol. The summed E-state index contributed by atoms with van der Waals surface area (Å²) in [5.41, 5.74) is 4.44. The van der Waals surface area contributed by atoms with E-state index in [0.29, 0.717) is 29.6 Å². The number of benzene rings is 1. The largest absolute Gasteiger partial charge is 0.338 e. The fourth-order valence-corrected chi connectivity index (χ4v) is 4.08. The van der Waals surface area contributed by atoms with E-state index in [1.165, 1.54) is 0 Å². The second-order valence-corrected chi connectivity index (χ2v) is 8.50. The summed E-state index contributed by atoms with van der Waals surface area (Å²) in [6.45, 7) is 8.46. The molecule has 4 rings (SSSR count). The van der Waals surface area contributed by atoms with Gasteiger partial charge in [-0.05, 0) is 57.4 Å². The molecule has 0 radical (unpaired) electrons. The third-order valence-corrected chi connectivity index (χ3v) is 5.89. The zero-order chi connectivity index (χ0) is 23.0. The highest BCUT2D eigenvalue weighted by Gasteiger charge is 2.17. The lowest BCUT2D eigenvalue weighted by atomic mass is 10.00. The molecule has 0 aliphatic heterocycles. The van der Waals surface area contributed by atoms with Crippen molar-refractivity contribution in [1.29, 1.82) is 0 Å². The Labute approximate surface area is 186 Å². The third-order valence-electron chi connectivity index (χ3n) is 5.89. The first-order valence-corrected chi connectivity index (χ1v) is 10.8. The molecule has 0 fully saturated rings. The molecule has 166 valence electrons. The first-order valence-electron chi connectivity index (χ1n) is 10.8. The Morgan fingerprint density at radius 1 is 1.16 bits per heavy atom. The zero-order valence-corrected chi connectivity index (χ0v) is 19.1. The van der Waals surface area contributed by atoms with Crippen LogP contribution in [0.25, 0.3) is 21.9 Å². The molecule has 3 aromatic heterocycles. The van der Waals surface area contributed by atoms with Crippen molar-refractivity contribution >= 4 is 27.8 Å². The average molecular weight is 433 g/mol. The van der Waals surface area contributed by atoms with Crippen molar-refractivity contribution in [1.82, 2.24) is 29.6 Å². The molecule has 0 saturated carbocycles. The van der Waals surface area contributed by atoms with E-state index in [9.17, 15) is 9.59 Å². The Morgan fingerprint density at radius 2 is 1.91 bits per heavy atom. The number of amides is 1. The number of rotatable bonds is 6. The molecule has 8 nitrogen and oxygen atoms in total. The fraction of sp³-hybridized carbons (Fsp3) is 0.375. The second-order valence-electron chi connectivity index (χ2n) is 8.50. The van der Waals surface area contributed by atoms with E-state index in [1.54, 1.807) is 30.1 Å². The van der Waals surface area contributed by atoms with Gasteiger partial charge in [0.25, 0.3) is 5.56 Å². The minimum Gasteiger partial charge on any atom is -0.338 e. The molecule has 1 aromatic carbocycles. The van der Waals surface area contributed by atoms with Crippen LogP contribution in [0.3, 0.4) is 0 Å². The van der Waals surface area contributed by atoms with Crippen molar-refractivity contribution in [2.75, 3.05) is 7.05 Å². The van der Waals surface area contributed by atoms with E-state index < -0.39 is 0 Å². The molecule has 0 aliphatic carbocycles. The average Bonchev–Trinajstić information content (AvgIpc) is 3.17. The first kappa shape index (κ1) is 21.7. The van der Waals surface area contributed by atoms with E-state index in [4.69, 9.17) is 4.98 Å². The Kier molecular flexibility index (Phi) is 5.78. The SMILES string of the molecule is Cc1nc2c(cnn2C(C)C)c(C)c1CCC(=O)N(C)Cc1nc2ccccc2c(=O)[nH]1. The standard InChI is InChI=1S/C24H28N6O2/c1-14(2)30-23-19(12-25-30)15(3)17(16(4)26-23)10-11-22(31)29(5)13-21-27-20-9-7-6-8-18(20)24(32)28-21/h6-9,12,14H,10-11,13H2,1-5H3,(H,27,28,32). The normalized spacial score (nSPS) is 11.6. The van der Waals surface area contributed by atoms with Gasteiger partial charge in [0.2, 0.25) is 5.91 Å². The number of hydrogen-bond donors (Lipinski definition) is 1.